The van der Waals surface area contributed by atoms with Crippen molar-refractivity contribution in [3.05, 3.63) is 58.6 Å². The third-order valence-corrected chi connectivity index (χ3v) is 4.33. The van der Waals surface area contributed by atoms with Crippen molar-refractivity contribution in [3.8, 4) is 0 Å². The number of rotatable bonds is 6. The molecule has 0 spiro atoms. The van der Waals surface area contributed by atoms with Crippen molar-refractivity contribution in [1.29, 1.82) is 0 Å². The van der Waals surface area contributed by atoms with Crippen molar-refractivity contribution in [2.24, 2.45) is 0 Å². The normalized spacial score (nSPS) is 13.2. The number of nitrogens with one attached hydrogen (secondary N) is 3. The number of halogens is 1. The minimum atomic E-state index is -0.175. The number of carbonyl (C=O) groups excluding carboxylic acids is 2. The third-order valence-electron chi connectivity index (χ3n) is 3.63. The van der Waals surface area contributed by atoms with Gasteiger partial charge >= 0.3 is 0 Å². The molecule has 3 N–H and O–H groups in total. The van der Waals surface area contributed by atoms with E-state index in [4.69, 9.17) is 0 Å². The molecule has 2 aromatic carbocycles. The van der Waals surface area contributed by atoms with Crippen molar-refractivity contribution < 1.29 is 9.59 Å². The number of anilines is 2. The van der Waals surface area contributed by atoms with Crippen molar-refractivity contribution >= 4 is 39.1 Å². The highest BCUT2D eigenvalue weighted by Crippen LogP contribution is 2.21. The van der Waals surface area contributed by atoms with Gasteiger partial charge in [-0.05, 0) is 59.1 Å². The van der Waals surface area contributed by atoms with Crippen LogP contribution in [0.25, 0.3) is 0 Å². The topological polar surface area (TPSA) is 70.2 Å². The molecule has 0 unspecified atom stereocenters. The molecule has 5 nitrogen and oxygen atoms in total. The van der Waals surface area contributed by atoms with E-state index in [2.05, 4.69) is 31.9 Å². The van der Waals surface area contributed by atoms with Crippen LogP contribution in [0.1, 0.15) is 23.2 Å². The SMILES string of the molecule is O=C(CNc1ccccc1Br)Nc1cccc(C(=O)NC2CC2)c1. The van der Waals surface area contributed by atoms with Crippen LogP contribution >= 0.6 is 15.9 Å². The molecule has 1 fully saturated rings. The van der Waals surface area contributed by atoms with E-state index in [1.165, 1.54) is 0 Å². The Morgan fingerprint density at radius 2 is 1.88 bits per heavy atom. The molecule has 0 radical (unpaired) electrons. The van der Waals surface area contributed by atoms with E-state index in [1.54, 1.807) is 24.3 Å². The number of hydrogen-bond acceptors (Lipinski definition) is 3. The molecule has 1 aliphatic carbocycles. The molecule has 2 amide bonds. The second-order valence-electron chi connectivity index (χ2n) is 5.71. The van der Waals surface area contributed by atoms with Crippen LogP contribution < -0.4 is 16.0 Å². The first-order valence-electron chi connectivity index (χ1n) is 7.81. The Balaban J connectivity index is 1.56. The molecular formula is C18H18BrN3O2. The van der Waals surface area contributed by atoms with Gasteiger partial charge in [0, 0.05) is 27.5 Å². The average Bonchev–Trinajstić information content (AvgIpc) is 3.38. The van der Waals surface area contributed by atoms with Gasteiger partial charge in [-0.1, -0.05) is 18.2 Å². The Morgan fingerprint density at radius 1 is 1.08 bits per heavy atom. The molecule has 1 saturated carbocycles. The zero-order valence-corrected chi connectivity index (χ0v) is 14.6. The molecule has 0 bridgehead atoms. The van der Waals surface area contributed by atoms with E-state index in [-0.39, 0.29) is 18.4 Å². The van der Waals surface area contributed by atoms with Crippen LogP contribution in [0.4, 0.5) is 11.4 Å². The molecular weight excluding hydrogens is 370 g/mol. The zero-order chi connectivity index (χ0) is 16.9. The fourth-order valence-electron chi connectivity index (χ4n) is 2.22. The maximum absolute atomic E-state index is 12.1. The monoisotopic (exact) mass is 387 g/mol. The molecule has 24 heavy (non-hydrogen) atoms. The van der Waals surface area contributed by atoms with Gasteiger partial charge in [-0.15, -0.1) is 0 Å². The van der Waals surface area contributed by atoms with Gasteiger partial charge in [0.1, 0.15) is 0 Å². The van der Waals surface area contributed by atoms with Crippen molar-refractivity contribution in [3.63, 3.8) is 0 Å². The molecule has 2 aromatic rings. The molecule has 1 aliphatic rings. The maximum Gasteiger partial charge on any atom is 0.251 e. The Kier molecular flexibility index (Phi) is 5.15. The molecule has 0 atom stereocenters. The molecule has 124 valence electrons. The van der Waals surface area contributed by atoms with E-state index in [9.17, 15) is 9.59 Å². The molecule has 0 aromatic heterocycles. The Hall–Kier alpha value is -2.34. The van der Waals surface area contributed by atoms with Crippen LogP contribution in [0.3, 0.4) is 0 Å². The maximum atomic E-state index is 12.1. The number of benzene rings is 2. The van der Waals surface area contributed by atoms with Gasteiger partial charge in [-0.2, -0.15) is 0 Å². The van der Waals surface area contributed by atoms with E-state index in [0.717, 1.165) is 23.0 Å². The lowest BCUT2D eigenvalue weighted by Gasteiger charge is -2.10. The van der Waals surface area contributed by atoms with Crippen molar-refractivity contribution in [2.45, 2.75) is 18.9 Å². The summed E-state index contributed by atoms with van der Waals surface area (Å²) < 4.78 is 0.900. The molecule has 6 heteroatoms. The number of hydrogen-bond donors (Lipinski definition) is 3. The fourth-order valence-corrected chi connectivity index (χ4v) is 2.64. The lowest BCUT2D eigenvalue weighted by molar-refractivity contribution is -0.114. The molecule has 0 saturated heterocycles. The predicted octanol–water partition coefficient (Wildman–Crippen LogP) is 3.39. The first-order chi connectivity index (χ1) is 11.6. The summed E-state index contributed by atoms with van der Waals surface area (Å²) >= 11 is 3.42. The van der Waals surface area contributed by atoms with E-state index < -0.39 is 0 Å². The number of para-hydroxylation sites is 1. The highest BCUT2D eigenvalue weighted by molar-refractivity contribution is 9.10. The summed E-state index contributed by atoms with van der Waals surface area (Å²) in [4.78, 5) is 24.1. The van der Waals surface area contributed by atoms with E-state index in [0.29, 0.717) is 17.3 Å². The predicted molar refractivity (Wildman–Crippen MR) is 98.2 cm³/mol. The van der Waals surface area contributed by atoms with Gasteiger partial charge in [0.05, 0.1) is 6.54 Å². The first kappa shape index (κ1) is 16.5. The van der Waals surface area contributed by atoms with Crippen molar-refractivity contribution in [2.75, 3.05) is 17.2 Å². The zero-order valence-electron chi connectivity index (χ0n) is 13.0. The average molecular weight is 388 g/mol. The van der Waals surface area contributed by atoms with Gasteiger partial charge in [-0.3, -0.25) is 9.59 Å². The quantitative estimate of drug-likeness (QED) is 0.711. The molecule has 0 heterocycles. The first-order valence-corrected chi connectivity index (χ1v) is 8.60. The van der Waals surface area contributed by atoms with Crippen LogP contribution in [0.15, 0.2) is 53.0 Å². The van der Waals surface area contributed by atoms with Crippen LogP contribution in [-0.4, -0.2) is 24.4 Å². The second-order valence-corrected chi connectivity index (χ2v) is 6.56. The summed E-state index contributed by atoms with van der Waals surface area (Å²) in [6.45, 7) is 0.140. The van der Waals surface area contributed by atoms with E-state index >= 15 is 0 Å². The van der Waals surface area contributed by atoms with Gasteiger partial charge < -0.3 is 16.0 Å². The van der Waals surface area contributed by atoms with E-state index in [1.807, 2.05) is 24.3 Å². The minimum Gasteiger partial charge on any atom is -0.375 e. The van der Waals surface area contributed by atoms with Gasteiger partial charge in [-0.25, -0.2) is 0 Å². The van der Waals surface area contributed by atoms with Crippen LogP contribution in [-0.2, 0) is 4.79 Å². The van der Waals surface area contributed by atoms with Crippen LogP contribution in [0, 0.1) is 0 Å². The summed E-state index contributed by atoms with van der Waals surface area (Å²) in [6, 6.07) is 14.9. The summed E-state index contributed by atoms with van der Waals surface area (Å²) in [6.07, 6.45) is 2.09. The Bertz CT molecular complexity index is 759. The standard InChI is InChI=1S/C18H18BrN3O2/c19-15-6-1-2-7-16(15)20-11-17(23)21-14-5-3-4-12(10-14)18(24)22-13-8-9-13/h1-7,10,13,20H,8-9,11H2,(H,21,23)(H,22,24). The largest absolute Gasteiger partial charge is 0.375 e. The molecule has 0 aliphatic heterocycles. The summed E-state index contributed by atoms with van der Waals surface area (Å²) in [5.74, 6) is -0.273. The summed E-state index contributed by atoms with van der Waals surface area (Å²) in [5.41, 5.74) is 2.01. The highest BCUT2D eigenvalue weighted by Gasteiger charge is 2.23. The fraction of sp³-hybridized carbons (Fsp3) is 0.222. The smallest absolute Gasteiger partial charge is 0.251 e. The molecule has 3 rings (SSSR count). The Labute approximate surface area is 149 Å². The van der Waals surface area contributed by atoms with Gasteiger partial charge in [0.15, 0.2) is 0 Å². The van der Waals surface area contributed by atoms with Crippen LogP contribution in [0.2, 0.25) is 0 Å². The third kappa shape index (κ3) is 4.58. The van der Waals surface area contributed by atoms with Gasteiger partial charge in [0.25, 0.3) is 5.91 Å². The minimum absolute atomic E-state index is 0.0973. The lowest BCUT2D eigenvalue weighted by atomic mass is 10.2. The number of carbonyl (C=O) groups is 2. The van der Waals surface area contributed by atoms with Crippen molar-refractivity contribution in [1.82, 2.24) is 5.32 Å². The summed E-state index contributed by atoms with van der Waals surface area (Å²) in [5, 5.41) is 8.80. The highest BCUT2D eigenvalue weighted by atomic mass is 79.9. The lowest BCUT2D eigenvalue weighted by Crippen LogP contribution is -2.26. The summed E-state index contributed by atoms with van der Waals surface area (Å²) in [7, 11) is 0. The second kappa shape index (κ2) is 7.49. The number of amides is 2. The van der Waals surface area contributed by atoms with Crippen LogP contribution in [0.5, 0.6) is 0 Å². The van der Waals surface area contributed by atoms with Gasteiger partial charge in [0.2, 0.25) is 5.91 Å². The Morgan fingerprint density at radius 3 is 2.62 bits per heavy atom.